The van der Waals surface area contributed by atoms with E-state index in [-0.39, 0.29) is 18.2 Å². The van der Waals surface area contributed by atoms with E-state index in [2.05, 4.69) is 0 Å². The number of hydrogen-bond acceptors (Lipinski definition) is 3. The molecular weight excluding hydrogens is 144 g/mol. The van der Waals surface area contributed by atoms with Gasteiger partial charge in [-0.3, -0.25) is 4.79 Å². The van der Waals surface area contributed by atoms with Crippen LogP contribution in [0.5, 0.6) is 0 Å². The number of rotatable bonds is 2. The summed E-state index contributed by atoms with van der Waals surface area (Å²) in [5.41, 5.74) is 0. The fourth-order valence-electron chi connectivity index (χ4n) is 0.972. The Hall–Kier alpha value is -0.670. The topological polar surface area (TPSA) is 35.5 Å². The van der Waals surface area contributed by atoms with Gasteiger partial charge in [0.05, 0.1) is 0 Å². The third-order valence-corrected chi connectivity index (χ3v) is 1.63. The highest BCUT2D eigenvalue weighted by Gasteiger charge is 2.20. The zero-order valence-electron chi connectivity index (χ0n) is 6.74. The third kappa shape index (κ3) is 2.13. The molecule has 0 aromatic heterocycles. The second kappa shape index (κ2) is 3.64. The van der Waals surface area contributed by atoms with E-state index in [0.29, 0.717) is 6.42 Å². The van der Waals surface area contributed by atoms with Gasteiger partial charge in [0.1, 0.15) is 6.10 Å². The van der Waals surface area contributed by atoms with Crippen molar-refractivity contribution in [1.82, 2.24) is 0 Å². The molecule has 0 aliphatic carbocycles. The molecule has 1 heterocycles. The van der Waals surface area contributed by atoms with Crippen molar-refractivity contribution in [1.29, 1.82) is 0 Å². The molecule has 3 nitrogen and oxygen atoms in total. The predicted molar refractivity (Wildman–Crippen MR) is 40.1 cm³/mol. The molecule has 1 aliphatic heterocycles. The zero-order valence-corrected chi connectivity index (χ0v) is 6.74. The van der Waals surface area contributed by atoms with Crippen molar-refractivity contribution < 1.29 is 14.3 Å². The van der Waals surface area contributed by atoms with Crippen molar-refractivity contribution in [3.8, 4) is 0 Å². The monoisotopic (exact) mass is 156 g/mol. The van der Waals surface area contributed by atoms with Crippen LogP contribution < -0.4 is 0 Å². The Morgan fingerprint density at radius 1 is 1.73 bits per heavy atom. The number of Topliss-reactive ketones (excluding diaryl/α,β-unsaturated/α-hetero) is 1. The fourth-order valence-corrected chi connectivity index (χ4v) is 0.972. The third-order valence-electron chi connectivity index (χ3n) is 1.63. The highest BCUT2D eigenvalue weighted by Crippen LogP contribution is 2.12. The number of hydrogen-bond donors (Lipinski definition) is 0. The van der Waals surface area contributed by atoms with Gasteiger partial charge in [0.2, 0.25) is 0 Å². The van der Waals surface area contributed by atoms with E-state index in [4.69, 9.17) is 9.47 Å². The van der Waals surface area contributed by atoms with Gasteiger partial charge in [0, 0.05) is 7.11 Å². The second-order valence-electron chi connectivity index (χ2n) is 2.50. The molecule has 0 saturated heterocycles. The maximum absolute atomic E-state index is 10.8. The van der Waals surface area contributed by atoms with Gasteiger partial charge in [-0.15, -0.1) is 0 Å². The van der Waals surface area contributed by atoms with Crippen LogP contribution in [0.4, 0.5) is 0 Å². The van der Waals surface area contributed by atoms with Crippen LogP contribution in [0.15, 0.2) is 12.2 Å². The summed E-state index contributed by atoms with van der Waals surface area (Å²) in [7, 11) is 1.55. The fraction of sp³-hybridized carbons (Fsp3) is 0.625. The molecule has 0 aromatic rings. The van der Waals surface area contributed by atoms with Crippen molar-refractivity contribution >= 4 is 5.78 Å². The number of ketones is 1. The Bertz CT molecular complexity index is 174. The summed E-state index contributed by atoms with van der Waals surface area (Å²) in [4.78, 5) is 10.8. The summed E-state index contributed by atoms with van der Waals surface area (Å²) < 4.78 is 10.1. The Balaban J connectivity index is 2.51. The molecule has 0 aromatic carbocycles. The highest BCUT2D eigenvalue weighted by atomic mass is 16.7. The molecule has 1 rings (SSSR count). The number of methoxy groups -OCH3 is 1. The molecule has 3 heteroatoms. The van der Waals surface area contributed by atoms with Gasteiger partial charge in [0.25, 0.3) is 0 Å². The lowest BCUT2D eigenvalue weighted by atomic mass is 10.1. The molecule has 0 bridgehead atoms. The van der Waals surface area contributed by atoms with Crippen LogP contribution in [0, 0.1) is 0 Å². The average Bonchev–Trinajstić information content (AvgIpc) is 2.05. The molecule has 62 valence electrons. The molecule has 0 radical (unpaired) electrons. The van der Waals surface area contributed by atoms with Gasteiger partial charge in [-0.2, -0.15) is 0 Å². The van der Waals surface area contributed by atoms with Gasteiger partial charge in [-0.05, 0) is 19.4 Å². The molecule has 1 aliphatic rings. The minimum absolute atomic E-state index is 0.0522. The summed E-state index contributed by atoms with van der Waals surface area (Å²) in [6.45, 7) is 1.52. The van der Waals surface area contributed by atoms with E-state index < -0.39 is 0 Å². The first-order chi connectivity index (χ1) is 5.24. The lowest BCUT2D eigenvalue weighted by molar-refractivity contribution is -0.154. The SMILES string of the molecule is CO[C@@H]1C=CC[C@@H](C(C)=O)O1. The maximum Gasteiger partial charge on any atom is 0.177 e. The first-order valence-corrected chi connectivity index (χ1v) is 3.59. The van der Waals surface area contributed by atoms with E-state index >= 15 is 0 Å². The van der Waals surface area contributed by atoms with Crippen LogP contribution in [-0.2, 0) is 14.3 Å². The van der Waals surface area contributed by atoms with Crippen molar-refractivity contribution in [2.24, 2.45) is 0 Å². The van der Waals surface area contributed by atoms with E-state index in [1.54, 1.807) is 13.2 Å². The van der Waals surface area contributed by atoms with Crippen LogP contribution in [0.3, 0.4) is 0 Å². The largest absolute Gasteiger partial charge is 0.352 e. The molecule has 0 amide bonds. The van der Waals surface area contributed by atoms with Crippen LogP contribution in [0.1, 0.15) is 13.3 Å². The minimum atomic E-state index is -0.349. The molecule has 0 unspecified atom stereocenters. The molecule has 0 spiro atoms. The van der Waals surface area contributed by atoms with Gasteiger partial charge < -0.3 is 9.47 Å². The number of carbonyl (C=O) groups is 1. The standard InChI is InChI=1S/C8H12O3/c1-6(9)7-4-3-5-8(10-2)11-7/h3,5,7-8H,4H2,1-2H3/t7-,8-/m0/s1. The van der Waals surface area contributed by atoms with Crippen LogP contribution in [0.2, 0.25) is 0 Å². The first kappa shape index (κ1) is 8.43. The van der Waals surface area contributed by atoms with Crippen molar-refractivity contribution in [2.75, 3.05) is 7.11 Å². The van der Waals surface area contributed by atoms with Crippen molar-refractivity contribution in [3.05, 3.63) is 12.2 Å². The molecule has 2 atom stereocenters. The number of carbonyl (C=O) groups excluding carboxylic acids is 1. The van der Waals surface area contributed by atoms with E-state index in [9.17, 15) is 4.79 Å². The van der Waals surface area contributed by atoms with Crippen LogP contribution in [-0.4, -0.2) is 25.3 Å². The zero-order chi connectivity index (χ0) is 8.27. The Labute approximate surface area is 66.0 Å². The molecule has 0 saturated carbocycles. The van der Waals surface area contributed by atoms with Crippen molar-refractivity contribution in [3.63, 3.8) is 0 Å². The summed E-state index contributed by atoms with van der Waals surface area (Å²) in [5.74, 6) is 0.0522. The maximum atomic E-state index is 10.8. The Morgan fingerprint density at radius 3 is 3.00 bits per heavy atom. The minimum Gasteiger partial charge on any atom is -0.352 e. The Kier molecular flexibility index (Phi) is 2.79. The van der Waals surface area contributed by atoms with Crippen molar-refractivity contribution in [2.45, 2.75) is 25.7 Å². The van der Waals surface area contributed by atoms with E-state index in [0.717, 1.165) is 0 Å². The summed E-state index contributed by atoms with van der Waals surface area (Å²) in [6, 6.07) is 0. The molecule has 0 fully saturated rings. The summed E-state index contributed by atoms with van der Waals surface area (Å²) in [5, 5.41) is 0. The molecule has 0 N–H and O–H groups in total. The Morgan fingerprint density at radius 2 is 2.45 bits per heavy atom. The van der Waals surface area contributed by atoms with Crippen LogP contribution in [0.25, 0.3) is 0 Å². The molecular formula is C8H12O3. The second-order valence-corrected chi connectivity index (χ2v) is 2.50. The summed E-state index contributed by atoms with van der Waals surface area (Å²) in [6.07, 6.45) is 3.71. The van der Waals surface area contributed by atoms with Gasteiger partial charge in [0.15, 0.2) is 12.1 Å². The summed E-state index contributed by atoms with van der Waals surface area (Å²) >= 11 is 0. The lowest BCUT2D eigenvalue weighted by Gasteiger charge is -2.22. The lowest BCUT2D eigenvalue weighted by Crippen LogP contribution is -2.30. The highest BCUT2D eigenvalue weighted by molar-refractivity contribution is 5.80. The van der Waals surface area contributed by atoms with E-state index in [1.165, 1.54) is 6.92 Å². The van der Waals surface area contributed by atoms with Gasteiger partial charge in [-0.25, -0.2) is 0 Å². The van der Waals surface area contributed by atoms with Crippen LogP contribution >= 0.6 is 0 Å². The first-order valence-electron chi connectivity index (χ1n) is 3.59. The van der Waals surface area contributed by atoms with Gasteiger partial charge >= 0.3 is 0 Å². The number of ether oxygens (including phenoxy) is 2. The van der Waals surface area contributed by atoms with Gasteiger partial charge in [-0.1, -0.05) is 6.08 Å². The predicted octanol–water partition coefficient (Wildman–Crippen LogP) is 0.893. The molecule has 11 heavy (non-hydrogen) atoms. The smallest absolute Gasteiger partial charge is 0.177 e. The average molecular weight is 156 g/mol. The normalized spacial score (nSPS) is 30.4. The quantitative estimate of drug-likeness (QED) is 0.557. The van der Waals surface area contributed by atoms with E-state index in [1.807, 2.05) is 6.08 Å².